The average molecular weight is 272 g/mol. The standard InChI is InChI=1S/C15H20N4O/c1-2-8-19-14(6-7-18-19)11-17-10-12-4-3-5-13(9-12)15(16)20/h3-7,9,17H,2,8,10-11H2,1H3,(H2,16,20). The summed E-state index contributed by atoms with van der Waals surface area (Å²) < 4.78 is 2.01. The zero-order chi connectivity index (χ0) is 14.4. The quantitative estimate of drug-likeness (QED) is 0.805. The number of hydrogen-bond donors (Lipinski definition) is 2. The van der Waals surface area contributed by atoms with Gasteiger partial charge in [0.1, 0.15) is 0 Å². The number of nitrogens with one attached hydrogen (secondary N) is 1. The molecule has 0 bridgehead atoms. The van der Waals surface area contributed by atoms with Gasteiger partial charge in [-0.3, -0.25) is 9.48 Å². The Hall–Kier alpha value is -2.14. The van der Waals surface area contributed by atoms with Gasteiger partial charge in [-0.05, 0) is 30.2 Å². The SMILES string of the molecule is CCCn1nccc1CNCc1cccc(C(N)=O)c1. The van der Waals surface area contributed by atoms with Crippen LogP contribution in [0.3, 0.4) is 0 Å². The van der Waals surface area contributed by atoms with Crippen LogP contribution in [0, 0.1) is 0 Å². The highest BCUT2D eigenvalue weighted by Gasteiger charge is 2.03. The highest BCUT2D eigenvalue weighted by Crippen LogP contribution is 2.05. The van der Waals surface area contributed by atoms with E-state index in [-0.39, 0.29) is 0 Å². The van der Waals surface area contributed by atoms with Crippen LogP contribution in [0.1, 0.15) is 35.0 Å². The fourth-order valence-corrected chi connectivity index (χ4v) is 2.09. The Bertz CT molecular complexity index is 577. The molecule has 1 amide bonds. The van der Waals surface area contributed by atoms with Crippen LogP contribution in [-0.4, -0.2) is 15.7 Å². The Morgan fingerprint density at radius 1 is 1.35 bits per heavy atom. The predicted octanol–water partition coefficient (Wildman–Crippen LogP) is 1.68. The first kappa shape index (κ1) is 14.3. The number of nitrogens with two attached hydrogens (primary N) is 1. The van der Waals surface area contributed by atoms with Gasteiger partial charge in [-0.2, -0.15) is 5.10 Å². The molecule has 106 valence electrons. The van der Waals surface area contributed by atoms with E-state index in [1.54, 1.807) is 6.07 Å². The van der Waals surface area contributed by atoms with E-state index in [1.165, 1.54) is 0 Å². The summed E-state index contributed by atoms with van der Waals surface area (Å²) in [5.74, 6) is -0.395. The monoisotopic (exact) mass is 272 g/mol. The summed E-state index contributed by atoms with van der Waals surface area (Å²) in [6.07, 6.45) is 2.88. The highest BCUT2D eigenvalue weighted by atomic mass is 16.1. The number of carbonyl (C=O) groups excluding carboxylic acids is 1. The molecule has 1 aromatic heterocycles. The zero-order valence-electron chi connectivity index (χ0n) is 11.7. The third-order valence-corrected chi connectivity index (χ3v) is 3.09. The zero-order valence-corrected chi connectivity index (χ0v) is 11.7. The smallest absolute Gasteiger partial charge is 0.248 e. The van der Waals surface area contributed by atoms with Crippen molar-refractivity contribution in [1.29, 1.82) is 0 Å². The maximum atomic E-state index is 11.1. The van der Waals surface area contributed by atoms with E-state index in [9.17, 15) is 4.79 Å². The van der Waals surface area contributed by atoms with Crippen molar-refractivity contribution in [1.82, 2.24) is 15.1 Å². The fourth-order valence-electron chi connectivity index (χ4n) is 2.09. The van der Waals surface area contributed by atoms with Crippen molar-refractivity contribution >= 4 is 5.91 Å². The minimum absolute atomic E-state index is 0.395. The minimum atomic E-state index is -0.395. The van der Waals surface area contributed by atoms with Crippen LogP contribution in [-0.2, 0) is 19.6 Å². The first-order valence-corrected chi connectivity index (χ1v) is 6.81. The number of nitrogens with zero attached hydrogens (tertiary/aromatic N) is 2. The van der Waals surface area contributed by atoms with Gasteiger partial charge in [0.2, 0.25) is 5.91 Å². The number of rotatable bonds is 7. The second-order valence-corrected chi connectivity index (χ2v) is 4.71. The van der Waals surface area contributed by atoms with E-state index in [4.69, 9.17) is 5.73 Å². The lowest BCUT2D eigenvalue weighted by Crippen LogP contribution is -2.17. The van der Waals surface area contributed by atoms with E-state index in [2.05, 4.69) is 17.3 Å². The van der Waals surface area contributed by atoms with Gasteiger partial charge in [-0.1, -0.05) is 19.1 Å². The summed E-state index contributed by atoms with van der Waals surface area (Å²) in [6.45, 7) is 4.51. The van der Waals surface area contributed by atoms with Crippen molar-refractivity contribution in [2.45, 2.75) is 33.0 Å². The van der Waals surface area contributed by atoms with Crippen molar-refractivity contribution in [2.75, 3.05) is 0 Å². The Labute approximate surface area is 118 Å². The lowest BCUT2D eigenvalue weighted by molar-refractivity contribution is 0.1000. The molecule has 0 aliphatic heterocycles. The van der Waals surface area contributed by atoms with Crippen LogP contribution < -0.4 is 11.1 Å². The van der Waals surface area contributed by atoms with Gasteiger partial charge in [-0.25, -0.2) is 0 Å². The third kappa shape index (κ3) is 3.68. The maximum absolute atomic E-state index is 11.1. The fraction of sp³-hybridized carbons (Fsp3) is 0.333. The van der Waals surface area contributed by atoms with Crippen LogP contribution in [0.15, 0.2) is 36.5 Å². The van der Waals surface area contributed by atoms with Gasteiger partial charge in [0, 0.05) is 31.4 Å². The summed E-state index contributed by atoms with van der Waals surface area (Å²) in [6, 6.07) is 9.38. The van der Waals surface area contributed by atoms with E-state index < -0.39 is 5.91 Å². The summed E-state index contributed by atoms with van der Waals surface area (Å²) in [7, 11) is 0. The summed E-state index contributed by atoms with van der Waals surface area (Å²) >= 11 is 0. The van der Waals surface area contributed by atoms with Crippen molar-refractivity contribution in [3.05, 3.63) is 53.3 Å². The van der Waals surface area contributed by atoms with Crippen molar-refractivity contribution in [3.8, 4) is 0 Å². The molecular weight excluding hydrogens is 252 g/mol. The molecule has 5 nitrogen and oxygen atoms in total. The normalized spacial score (nSPS) is 10.7. The molecule has 0 fully saturated rings. The number of primary amides is 1. The van der Waals surface area contributed by atoms with Gasteiger partial charge in [0.05, 0.1) is 5.69 Å². The second kappa shape index (κ2) is 6.86. The summed E-state index contributed by atoms with van der Waals surface area (Å²) in [5, 5.41) is 7.64. The molecule has 5 heteroatoms. The van der Waals surface area contributed by atoms with Crippen LogP contribution in [0.25, 0.3) is 0 Å². The number of carbonyl (C=O) groups is 1. The molecule has 0 atom stereocenters. The van der Waals surface area contributed by atoms with E-state index >= 15 is 0 Å². The third-order valence-electron chi connectivity index (χ3n) is 3.09. The van der Waals surface area contributed by atoms with Crippen LogP contribution in [0.4, 0.5) is 0 Å². The van der Waals surface area contributed by atoms with E-state index in [0.29, 0.717) is 12.1 Å². The maximum Gasteiger partial charge on any atom is 0.248 e. The Morgan fingerprint density at radius 2 is 2.20 bits per heavy atom. The first-order chi connectivity index (χ1) is 9.70. The molecule has 0 saturated carbocycles. The van der Waals surface area contributed by atoms with Crippen LogP contribution in [0.5, 0.6) is 0 Å². The van der Waals surface area contributed by atoms with Gasteiger partial charge >= 0.3 is 0 Å². The molecule has 3 N–H and O–H groups in total. The van der Waals surface area contributed by atoms with E-state index in [0.717, 1.165) is 30.8 Å². The Morgan fingerprint density at radius 3 is 2.95 bits per heavy atom. The molecule has 1 aromatic carbocycles. The van der Waals surface area contributed by atoms with Gasteiger partial charge < -0.3 is 11.1 Å². The molecule has 0 spiro atoms. The molecule has 0 unspecified atom stereocenters. The molecule has 0 aliphatic rings. The van der Waals surface area contributed by atoms with Gasteiger partial charge in [0.15, 0.2) is 0 Å². The number of benzene rings is 1. The molecular formula is C15H20N4O. The van der Waals surface area contributed by atoms with E-state index in [1.807, 2.05) is 35.1 Å². The average Bonchev–Trinajstić information content (AvgIpc) is 2.87. The Kier molecular flexibility index (Phi) is 4.90. The number of hydrogen-bond acceptors (Lipinski definition) is 3. The highest BCUT2D eigenvalue weighted by molar-refractivity contribution is 5.92. The van der Waals surface area contributed by atoms with Crippen molar-refractivity contribution < 1.29 is 4.79 Å². The molecule has 0 saturated heterocycles. The molecule has 2 rings (SSSR count). The molecule has 20 heavy (non-hydrogen) atoms. The number of amides is 1. The summed E-state index contributed by atoms with van der Waals surface area (Å²) in [4.78, 5) is 11.1. The van der Waals surface area contributed by atoms with Crippen molar-refractivity contribution in [3.63, 3.8) is 0 Å². The molecule has 2 aromatic rings. The number of aromatic nitrogens is 2. The van der Waals surface area contributed by atoms with Crippen LogP contribution >= 0.6 is 0 Å². The van der Waals surface area contributed by atoms with Gasteiger partial charge in [-0.15, -0.1) is 0 Å². The predicted molar refractivity (Wildman–Crippen MR) is 78.0 cm³/mol. The molecule has 0 aliphatic carbocycles. The van der Waals surface area contributed by atoms with Crippen molar-refractivity contribution in [2.24, 2.45) is 5.73 Å². The minimum Gasteiger partial charge on any atom is -0.366 e. The van der Waals surface area contributed by atoms with Gasteiger partial charge in [0.25, 0.3) is 0 Å². The molecule has 0 radical (unpaired) electrons. The lowest BCUT2D eigenvalue weighted by atomic mass is 10.1. The molecule has 1 heterocycles. The first-order valence-electron chi connectivity index (χ1n) is 6.81. The lowest BCUT2D eigenvalue weighted by Gasteiger charge is -2.08. The topological polar surface area (TPSA) is 72.9 Å². The largest absolute Gasteiger partial charge is 0.366 e. The Balaban J connectivity index is 1.91. The van der Waals surface area contributed by atoms with Crippen LogP contribution in [0.2, 0.25) is 0 Å². The second-order valence-electron chi connectivity index (χ2n) is 4.71. The summed E-state index contributed by atoms with van der Waals surface area (Å²) in [5.41, 5.74) is 8.02. The number of aryl methyl sites for hydroxylation is 1.